The van der Waals surface area contributed by atoms with Crippen LogP contribution in [-0.2, 0) is 58.3 Å². The molecule has 6 nitrogen and oxygen atoms in total. The fourth-order valence-corrected chi connectivity index (χ4v) is 14.0. The van der Waals surface area contributed by atoms with Gasteiger partial charge in [0, 0.05) is 69.6 Å². The second-order valence-corrected chi connectivity index (χ2v) is 33.6. The van der Waals surface area contributed by atoms with Crippen LogP contribution in [0.2, 0.25) is 0 Å². The number of hydrogen-bond acceptors (Lipinski definition) is 4. The Labute approximate surface area is 574 Å². The van der Waals surface area contributed by atoms with E-state index in [0.29, 0.717) is 45.1 Å². The molecule has 0 fully saturated rings. The molecule has 0 bridgehead atoms. The van der Waals surface area contributed by atoms with Crippen molar-refractivity contribution in [1.82, 2.24) is 9.13 Å². The molecule has 0 radical (unpaired) electrons. The maximum absolute atomic E-state index is 16.0. The van der Waals surface area contributed by atoms with Crippen molar-refractivity contribution >= 4 is 43.6 Å². The first-order valence-electron chi connectivity index (χ1n) is 32.3. The van der Waals surface area contributed by atoms with Crippen LogP contribution >= 0.6 is 0 Å². The van der Waals surface area contributed by atoms with Crippen molar-refractivity contribution in [3.63, 3.8) is 0 Å². The fraction of sp³-hybridized carbons (Fsp3) is 0.405. The first-order valence-corrected chi connectivity index (χ1v) is 32.3. The van der Waals surface area contributed by atoms with E-state index in [9.17, 15) is 10.2 Å². The molecule has 2 N–H and O–H groups in total. The predicted octanol–water partition coefficient (Wildman–Crippen LogP) is 23.9. The van der Waals surface area contributed by atoms with Gasteiger partial charge in [0.1, 0.15) is 47.8 Å². The first kappa shape index (κ1) is 73.7. The Kier molecular flexibility index (Phi) is 20.4. The van der Waals surface area contributed by atoms with Crippen LogP contribution in [-0.4, -0.2) is 32.6 Å². The quantitative estimate of drug-likeness (QED) is 0.0686. The van der Waals surface area contributed by atoms with Gasteiger partial charge in [-0.2, -0.15) is 0 Å². The molecule has 2 heterocycles. The molecule has 93 heavy (non-hydrogen) atoms. The number of fused-ring (bicyclic) bond motifs is 6. The minimum Gasteiger partial charge on any atom is -0.505 e. The summed E-state index contributed by atoms with van der Waals surface area (Å²) in [6, 6.07) is 43.7. The van der Waals surface area contributed by atoms with E-state index in [1.54, 1.807) is 12.1 Å². The summed E-state index contributed by atoms with van der Waals surface area (Å²) in [6.45, 7) is 49.1. The molecule has 2 aromatic heterocycles. The van der Waals surface area contributed by atoms with E-state index >= 15 is 8.78 Å². The third-order valence-electron chi connectivity index (χ3n) is 18.2. The summed E-state index contributed by atoms with van der Waals surface area (Å²) < 4.78 is 49.7. The molecular weight excluding hydrogens is 1320 g/mol. The van der Waals surface area contributed by atoms with Crippen LogP contribution in [0.25, 0.3) is 77.2 Å². The molecular formula is C84H104F2HfN2O4-2. The maximum atomic E-state index is 16.0. The van der Waals surface area contributed by atoms with Crippen LogP contribution in [0.5, 0.6) is 23.0 Å². The summed E-state index contributed by atoms with van der Waals surface area (Å²) in [5.41, 5.74) is 12.1. The van der Waals surface area contributed by atoms with Gasteiger partial charge in [-0.15, -0.1) is 0 Å². The number of hydrogen-bond donors (Lipinski definition) is 2. The number of phenolic OH excluding ortho intramolecular Hbond substituents is 2. The van der Waals surface area contributed by atoms with E-state index < -0.39 is 22.5 Å². The van der Waals surface area contributed by atoms with Gasteiger partial charge in [-0.3, -0.25) is 0 Å². The van der Waals surface area contributed by atoms with Crippen molar-refractivity contribution in [1.29, 1.82) is 0 Å². The molecule has 0 atom stereocenters. The fourth-order valence-electron chi connectivity index (χ4n) is 14.0. The molecule has 0 amide bonds. The number of aromatic nitrogens is 2. The van der Waals surface area contributed by atoms with Crippen LogP contribution in [0.15, 0.2) is 133 Å². The van der Waals surface area contributed by atoms with Gasteiger partial charge in [0.25, 0.3) is 0 Å². The summed E-state index contributed by atoms with van der Waals surface area (Å²) >= 11 is 0. The van der Waals surface area contributed by atoms with Gasteiger partial charge >= 0.3 is 0 Å². The zero-order valence-corrected chi connectivity index (χ0v) is 64.0. The van der Waals surface area contributed by atoms with Crippen LogP contribution < -0.4 is 9.47 Å². The number of nitrogens with zero attached hydrogens (tertiary/aromatic N) is 2. The number of halogens is 2. The minimum atomic E-state index is -0.483. The minimum absolute atomic E-state index is 0. The van der Waals surface area contributed by atoms with Gasteiger partial charge in [-0.1, -0.05) is 177 Å². The van der Waals surface area contributed by atoms with Gasteiger partial charge in [-0.25, -0.2) is 8.78 Å². The monoisotopic (exact) mass is 1420 g/mol. The van der Waals surface area contributed by atoms with Crippen LogP contribution in [0.4, 0.5) is 8.78 Å². The Morgan fingerprint density at radius 3 is 0.849 bits per heavy atom. The molecule has 0 saturated heterocycles. The third-order valence-corrected chi connectivity index (χ3v) is 18.2. The second-order valence-electron chi connectivity index (χ2n) is 33.6. The van der Waals surface area contributed by atoms with E-state index in [4.69, 9.17) is 9.47 Å². The van der Waals surface area contributed by atoms with Gasteiger partial charge in [0.15, 0.2) is 0 Å². The molecule has 8 aromatic carbocycles. The molecule has 10 rings (SSSR count). The number of rotatable bonds is 13. The van der Waals surface area contributed by atoms with Crippen LogP contribution in [0.3, 0.4) is 0 Å². The van der Waals surface area contributed by atoms with Gasteiger partial charge in [0.2, 0.25) is 0 Å². The van der Waals surface area contributed by atoms with Crippen LogP contribution in [0.1, 0.15) is 199 Å². The van der Waals surface area contributed by atoms with Crippen molar-refractivity contribution in [2.75, 3.05) is 13.2 Å². The second kappa shape index (κ2) is 25.8. The standard InChI is InChI=1S/C82H98F2N2O4.2CH3.Hf/c1-75(2,3)47-81(19,20)53-41-63(73(87)69(43-53)85-65-29-23-49(77(7,8)9)37-57(65)58-38-50(78(10,11)12)24-30-66(58)85)61-45-55(83)27-33-71(61)89-35-36-90-72-34-28-56(84)46-62(72)64-42-54(82(21,22)48-76(4,5)6)44-70(74(64)88)86-67-31-25-51(79(13,14)15)39-59(67)60-40-52(80(16,17)18)26-32-68(60)86;;;/h23-34,37-46,87-88H,35-36,47-48H2,1-22H3;2*1H3;/q;2*-1;. The maximum Gasteiger partial charge on any atom is 0.147 e. The van der Waals surface area contributed by atoms with Gasteiger partial charge in [-0.05, 0) is 199 Å². The van der Waals surface area contributed by atoms with Crippen molar-refractivity contribution < 1.29 is 54.3 Å². The van der Waals surface area contributed by atoms with E-state index in [1.807, 2.05) is 12.1 Å². The predicted molar refractivity (Wildman–Crippen MR) is 388 cm³/mol. The average molecular weight is 1420 g/mol. The molecule has 0 aliphatic heterocycles. The summed E-state index contributed by atoms with van der Waals surface area (Å²) in [5.74, 6) is -0.283. The molecule has 10 aromatic rings. The summed E-state index contributed by atoms with van der Waals surface area (Å²) in [7, 11) is 0. The van der Waals surface area contributed by atoms with Crippen molar-refractivity contribution in [2.45, 2.75) is 198 Å². The number of phenols is 2. The molecule has 494 valence electrons. The molecule has 0 spiro atoms. The first-order chi connectivity index (χ1) is 41.5. The van der Waals surface area contributed by atoms with Gasteiger partial charge in [0.05, 0.1) is 33.4 Å². The van der Waals surface area contributed by atoms with E-state index in [-0.39, 0.29) is 97.9 Å². The normalized spacial score (nSPS) is 12.9. The summed E-state index contributed by atoms with van der Waals surface area (Å²) in [4.78, 5) is 0. The largest absolute Gasteiger partial charge is 0.505 e. The number of benzene rings is 8. The number of aromatic hydroxyl groups is 2. The van der Waals surface area contributed by atoms with Crippen molar-refractivity contribution in [3.05, 3.63) is 193 Å². The summed E-state index contributed by atoms with van der Waals surface area (Å²) in [6.07, 6.45) is 1.65. The Morgan fingerprint density at radius 1 is 0.333 bits per heavy atom. The zero-order chi connectivity index (χ0) is 66.0. The van der Waals surface area contributed by atoms with Crippen molar-refractivity contribution in [2.24, 2.45) is 10.8 Å². The Balaban J connectivity index is 0.00000408. The van der Waals surface area contributed by atoms with E-state index in [0.717, 1.165) is 67.6 Å². The average Bonchev–Trinajstić information content (AvgIpc) is 1.62. The Morgan fingerprint density at radius 2 is 0.602 bits per heavy atom. The van der Waals surface area contributed by atoms with Crippen LogP contribution in [0, 0.1) is 37.3 Å². The zero-order valence-electron chi connectivity index (χ0n) is 60.4. The number of ether oxygens (including phenoxy) is 2. The topological polar surface area (TPSA) is 68.8 Å². The molecule has 0 unspecified atom stereocenters. The Bertz CT molecular complexity index is 3990. The molecule has 9 heteroatoms. The van der Waals surface area contributed by atoms with Gasteiger partial charge < -0.3 is 43.7 Å². The Hall–Kier alpha value is -6.71. The summed E-state index contributed by atoms with van der Waals surface area (Å²) in [5, 5.41) is 30.5. The van der Waals surface area contributed by atoms with E-state index in [2.05, 4.69) is 246 Å². The molecule has 0 aliphatic carbocycles. The molecule has 0 aliphatic rings. The van der Waals surface area contributed by atoms with E-state index in [1.165, 1.54) is 46.5 Å². The smallest absolute Gasteiger partial charge is 0.147 e. The third kappa shape index (κ3) is 15.0. The molecule has 0 saturated carbocycles. The van der Waals surface area contributed by atoms with Crippen molar-refractivity contribution in [3.8, 4) is 56.6 Å². The SMILES string of the molecule is CC(C)(C)CC(C)(C)c1cc(-c2cc(F)ccc2OCCOc2ccc(F)cc2-c2cc(C(C)(C)CC(C)(C)C)cc(-n3c4ccc(C(C)(C)C)cc4c4cc(C(C)(C)C)ccc43)c2O)c(O)c(-n2c3ccc(C(C)(C)C)cc3c3cc(C(C)(C)C)ccc32)c1.[CH3-].[CH3-].[Hf].